The van der Waals surface area contributed by atoms with Crippen LogP contribution in [0, 0.1) is 0 Å². The summed E-state index contributed by atoms with van der Waals surface area (Å²) >= 11 is 0. The van der Waals surface area contributed by atoms with E-state index in [0.717, 1.165) is 6.07 Å². The van der Waals surface area contributed by atoms with E-state index in [-0.39, 0.29) is 28.3 Å². The molecular weight excluding hydrogens is 284 g/mol. The van der Waals surface area contributed by atoms with Crippen LogP contribution in [0.4, 0.5) is 5.69 Å². The summed E-state index contributed by atoms with van der Waals surface area (Å²) in [5.74, 6) is -1.34. The second-order valence-electron chi connectivity index (χ2n) is 4.65. The predicted octanol–water partition coefficient (Wildman–Crippen LogP) is 0.423. The van der Waals surface area contributed by atoms with Gasteiger partial charge in [0.1, 0.15) is 0 Å². The van der Waals surface area contributed by atoms with Gasteiger partial charge < -0.3 is 15.6 Å². The quantitative estimate of drug-likeness (QED) is 0.693. The molecule has 110 valence electrons. The molecule has 0 bridgehead atoms. The largest absolute Gasteiger partial charge is 0.478 e. The number of carbonyl (C=O) groups is 1. The highest BCUT2D eigenvalue weighted by atomic mass is 32.2. The first-order valence-corrected chi connectivity index (χ1v) is 7.56. The molecule has 1 saturated heterocycles. The molecule has 0 saturated carbocycles. The molecule has 0 aliphatic carbocycles. The Balaban J connectivity index is 2.36. The molecule has 1 aliphatic heterocycles. The number of anilines is 1. The first kappa shape index (κ1) is 14.8. The minimum atomic E-state index is -3.94. The summed E-state index contributed by atoms with van der Waals surface area (Å²) in [4.78, 5) is 10.9. The van der Waals surface area contributed by atoms with Crippen molar-refractivity contribution >= 4 is 21.7 Å². The maximum absolute atomic E-state index is 12.3. The van der Waals surface area contributed by atoms with Gasteiger partial charge in [0.15, 0.2) is 0 Å². The highest BCUT2D eigenvalue weighted by Crippen LogP contribution is 2.21. The summed E-state index contributed by atoms with van der Waals surface area (Å²) in [5, 5.41) is 9.09. The van der Waals surface area contributed by atoms with E-state index >= 15 is 0 Å². The highest BCUT2D eigenvalue weighted by molar-refractivity contribution is 7.89. The van der Waals surface area contributed by atoms with Crippen molar-refractivity contribution in [3.63, 3.8) is 0 Å². The van der Waals surface area contributed by atoms with Gasteiger partial charge in [-0.25, -0.2) is 17.9 Å². The molecule has 2 atom stereocenters. The highest BCUT2D eigenvalue weighted by Gasteiger charge is 2.31. The van der Waals surface area contributed by atoms with Crippen LogP contribution in [0.2, 0.25) is 0 Å². The van der Waals surface area contributed by atoms with Crippen LogP contribution in [-0.2, 0) is 14.8 Å². The average Bonchev–Trinajstić information content (AvgIpc) is 2.74. The Bertz CT molecular complexity index is 629. The third kappa shape index (κ3) is 2.92. The van der Waals surface area contributed by atoms with Gasteiger partial charge in [-0.05, 0) is 31.5 Å². The number of rotatable bonds is 4. The zero-order valence-corrected chi connectivity index (χ0v) is 11.7. The number of nitrogens with one attached hydrogen (secondary N) is 1. The van der Waals surface area contributed by atoms with Crippen molar-refractivity contribution < 1.29 is 23.1 Å². The van der Waals surface area contributed by atoms with Gasteiger partial charge in [0.2, 0.25) is 10.0 Å². The van der Waals surface area contributed by atoms with Gasteiger partial charge in [-0.1, -0.05) is 0 Å². The molecule has 2 unspecified atom stereocenters. The molecule has 1 fully saturated rings. The van der Waals surface area contributed by atoms with E-state index in [1.165, 1.54) is 12.1 Å². The predicted molar refractivity (Wildman–Crippen MR) is 72.0 cm³/mol. The smallest absolute Gasteiger partial charge is 0.337 e. The molecule has 0 radical (unpaired) electrons. The van der Waals surface area contributed by atoms with Crippen LogP contribution in [0.1, 0.15) is 23.7 Å². The van der Waals surface area contributed by atoms with Crippen LogP contribution in [0.5, 0.6) is 0 Å². The fourth-order valence-corrected chi connectivity index (χ4v) is 3.62. The molecule has 1 heterocycles. The molecule has 0 spiro atoms. The molecule has 4 N–H and O–H groups in total. The number of carboxylic acids is 1. The number of carboxylic acid groups (broad SMARTS) is 1. The SMILES string of the molecule is CC1OCCC1NS(=O)(=O)c1ccc(N)cc1C(=O)O. The number of aromatic carboxylic acids is 1. The maximum atomic E-state index is 12.3. The van der Waals surface area contributed by atoms with Crippen LogP contribution < -0.4 is 10.5 Å². The summed E-state index contributed by atoms with van der Waals surface area (Å²) in [6.45, 7) is 2.24. The third-order valence-corrected chi connectivity index (χ3v) is 4.75. The first-order valence-electron chi connectivity index (χ1n) is 6.08. The van der Waals surface area contributed by atoms with Gasteiger partial charge in [0.25, 0.3) is 0 Å². The lowest BCUT2D eigenvalue weighted by atomic mass is 10.2. The van der Waals surface area contributed by atoms with E-state index in [1.807, 2.05) is 0 Å². The Labute approximate surface area is 116 Å². The minimum Gasteiger partial charge on any atom is -0.478 e. The van der Waals surface area contributed by atoms with Crippen molar-refractivity contribution in [1.82, 2.24) is 4.72 Å². The van der Waals surface area contributed by atoms with E-state index in [0.29, 0.717) is 13.0 Å². The molecule has 2 rings (SSSR count). The number of nitrogens with two attached hydrogens (primary N) is 1. The number of ether oxygens (including phenoxy) is 1. The zero-order chi connectivity index (χ0) is 14.9. The van der Waals surface area contributed by atoms with Crippen molar-refractivity contribution in [3.05, 3.63) is 23.8 Å². The normalized spacial score (nSPS) is 22.9. The van der Waals surface area contributed by atoms with Crippen molar-refractivity contribution in [2.24, 2.45) is 0 Å². The van der Waals surface area contributed by atoms with E-state index in [1.54, 1.807) is 6.92 Å². The Morgan fingerprint density at radius 3 is 2.75 bits per heavy atom. The fraction of sp³-hybridized carbons (Fsp3) is 0.417. The number of sulfonamides is 1. The lowest BCUT2D eigenvalue weighted by Gasteiger charge is -2.17. The van der Waals surface area contributed by atoms with Crippen molar-refractivity contribution in [2.75, 3.05) is 12.3 Å². The van der Waals surface area contributed by atoms with Crippen LogP contribution in [-0.4, -0.2) is 38.2 Å². The Hall–Kier alpha value is -1.64. The van der Waals surface area contributed by atoms with Gasteiger partial charge in [0.05, 0.1) is 22.6 Å². The molecule has 0 amide bonds. The molecular formula is C12H16N2O5S. The Morgan fingerprint density at radius 1 is 1.50 bits per heavy atom. The molecule has 1 aromatic carbocycles. The minimum absolute atomic E-state index is 0.193. The summed E-state index contributed by atoms with van der Waals surface area (Å²) in [5.41, 5.74) is 5.35. The van der Waals surface area contributed by atoms with Gasteiger partial charge in [-0.15, -0.1) is 0 Å². The van der Waals surface area contributed by atoms with Crippen molar-refractivity contribution in [1.29, 1.82) is 0 Å². The Morgan fingerprint density at radius 2 is 2.20 bits per heavy atom. The molecule has 1 aromatic rings. The number of nitrogen functional groups attached to an aromatic ring is 1. The second-order valence-corrected chi connectivity index (χ2v) is 6.34. The van der Waals surface area contributed by atoms with E-state index in [9.17, 15) is 13.2 Å². The summed E-state index contributed by atoms with van der Waals surface area (Å²) in [6, 6.07) is 3.32. The van der Waals surface area contributed by atoms with Gasteiger partial charge in [0, 0.05) is 12.3 Å². The van der Waals surface area contributed by atoms with Crippen LogP contribution >= 0.6 is 0 Å². The van der Waals surface area contributed by atoms with Crippen molar-refractivity contribution in [2.45, 2.75) is 30.4 Å². The monoisotopic (exact) mass is 300 g/mol. The maximum Gasteiger partial charge on any atom is 0.337 e. The zero-order valence-electron chi connectivity index (χ0n) is 10.9. The topological polar surface area (TPSA) is 119 Å². The standard InChI is InChI=1S/C12H16N2O5S/c1-7-10(4-5-19-7)14-20(17,18)11-3-2-8(13)6-9(11)12(15)16/h2-3,6-7,10,14H,4-5,13H2,1H3,(H,15,16). The first-order chi connectivity index (χ1) is 9.31. The molecule has 0 aromatic heterocycles. The number of hydrogen-bond acceptors (Lipinski definition) is 5. The Kier molecular flexibility index (Phi) is 3.98. The number of hydrogen-bond donors (Lipinski definition) is 3. The lowest BCUT2D eigenvalue weighted by Crippen LogP contribution is -2.39. The lowest BCUT2D eigenvalue weighted by molar-refractivity contribution is 0.0692. The number of benzene rings is 1. The molecule has 1 aliphatic rings. The third-order valence-electron chi connectivity index (χ3n) is 3.21. The van der Waals surface area contributed by atoms with Gasteiger partial charge in [-0.2, -0.15) is 0 Å². The summed E-state index contributed by atoms with van der Waals surface area (Å²) < 4.78 is 32.4. The van der Waals surface area contributed by atoms with Crippen LogP contribution in [0.15, 0.2) is 23.1 Å². The van der Waals surface area contributed by atoms with E-state index in [2.05, 4.69) is 4.72 Å². The van der Waals surface area contributed by atoms with Gasteiger partial charge >= 0.3 is 5.97 Å². The van der Waals surface area contributed by atoms with E-state index in [4.69, 9.17) is 15.6 Å². The summed E-state index contributed by atoms with van der Waals surface area (Å²) in [7, 11) is -3.94. The average molecular weight is 300 g/mol. The van der Waals surface area contributed by atoms with E-state index < -0.39 is 16.0 Å². The second kappa shape index (κ2) is 5.39. The van der Waals surface area contributed by atoms with Crippen LogP contribution in [0.25, 0.3) is 0 Å². The fourth-order valence-electron chi connectivity index (χ4n) is 2.10. The molecule has 20 heavy (non-hydrogen) atoms. The molecule has 8 heteroatoms. The van der Waals surface area contributed by atoms with Gasteiger partial charge in [-0.3, -0.25) is 0 Å². The molecule has 7 nitrogen and oxygen atoms in total. The summed E-state index contributed by atoms with van der Waals surface area (Å²) in [6.07, 6.45) is 0.310. The van der Waals surface area contributed by atoms with Crippen LogP contribution in [0.3, 0.4) is 0 Å². The van der Waals surface area contributed by atoms with Crippen molar-refractivity contribution in [3.8, 4) is 0 Å².